The summed E-state index contributed by atoms with van der Waals surface area (Å²) in [5, 5.41) is 5.41. The van der Waals surface area contributed by atoms with Gasteiger partial charge in [0.15, 0.2) is 6.29 Å². The Hall–Kier alpha value is -1.79. The lowest BCUT2D eigenvalue weighted by atomic mass is 10.2. The van der Waals surface area contributed by atoms with Crippen LogP contribution in [0.3, 0.4) is 0 Å². The Morgan fingerprint density at radius 2 is 1.80 bits per heavy atom. The molecule has 0 radical (unpaired) electrons. The molecule has 112 valence electrons. The van der Waals surface area contributed by atoms with Crippen LogP contribution in [-0.4, -0.2) is 39.7 Å². The summed E-state index contributed by atoms with van der Waals surface area (Å²) in [5.74, 6) is 0.823. The van der Waals surface area contributed by atoms with E-state index in [4.69, 9.17) is 14.2 Å². The maximum absolute atomic E-state index is 11.6. The summed E-state index contributed by atoms with van der Waals surface area (Å²) in [7, 11) is 3.04. The van der Waals surface area contributed by atoms with Gasteiger partial charge in [-0.25, -0.2) is 4.79 Å². The van der Waals surface area contributed by atoms with Gasteiger partial charge in [-0.15, -0.1) is 0 Å². The van der Waals surface area contributed by atoms with Crippen LogP contribution in [0.2, 0.25) is 0 Å². The van der Waals surface area contributed by atoms with Crippen LogP contribution in [0.1, 0.15) is 12.5 Å². The molecule has 0 saturated carbocycles. The van der Waals surface area contributed by atoms with Crippen LogP contribution < -0.4 is 15.4 Å². The van der Waals surface area contributed by atoms with Gasteiger partial charge >= 0.3 is 6.03 Å². The van der Waals surface area contributed by atoms with Crippen molar-refractivity contribution in [3.63, 3.8) is 0 Å². The third-order valence-electron chi connectivity index (χ3n) is 2.64. The van der Waals surface area contributed by atoms with Gasteiger partial charge in [0.05, 0.1) is 13.2 Å². The molecule has 0 aliphatic carbocycles. The normalized spacial score (nSPS) is 10.4. The molecule has 0 spiro atoms. The number of amides is 2. The zero-order valence-corrected chi connectivity index (χ0v) is 12.1. The molecule has 0 aliphatic heterocycles. The lowest BCUT2D eigenvalue weighted by molar-refractivity contribution is -0.0971. The molecule has 0 bridgehead atoms. The molecule has 1 rings (SSSR count). The number of carbonyl (C=O) groups is 1. The van der Waals surface area contributed by atoms with Crippen LogP contribution in [0, 0.1) is 0 Å². The van der Waals surface area contributed by atoms with Gasteiger partial charge in [0.25, 0.3) is 0 Å². The summed E-state index contributed by atoms with van der Waals surface area (Å²) in [5.41, 5.74) is 0.999. The molecule has 6 nitrogen and oxygen atoms in total. The van der Waals surface area contributed by atoms with Crippen LogP contribution in [0.5, 0.6) is 5.75 Å². The highest BCUT2D eigenvalue weighted by Crippen LogP contribution is 2.11. The second kappa shape index (κ2) is 9.17. The van der Waals surface area contributed by atoms with E-state index < -0.39 is 6.29 Å². The molecule has 20 heavy (non-hydrogen) atoms. The second-order valence-corrected chi connectivity index (χ2v) is 4.04. The van der Waals surface area contributed by atoms with E-state index in [1.165, 1.54) is 14.2 Å². The van der Waals surface area contributed by atoms with E-state index in [9.17, 15) is 4.79 Å². The Kier molecular flexibility index (Phi) is 7.46. The Balaban J connectivity index is 2.29. The Labute approximate surface area is 119 Å². The molecule has 0 fully saturated rings. The Morgan fingerprint density at radius 3 is 2.35 bits per heavy atom. The molecule has 0 aromatic heterocycles. The number of ether oxygens (including phenoxy) is 3. The minimum absolute atomic E-state index is 0.266. The summed E-state index contributed by atoms with van der Waals surface area (Å²) < 4.78 is 15.3. The van der Waals surface area contributed by atoms with Crippen molar-refractivity contribution in [2.24, 2.45) is 0 Å². The van der Waals surface area contributed by atoms with Gasteiger partial charge in [-0.2, -0.15) is 0 Å². The predicted octanol–water partition coefficient (Wildman–Crippen LogP) is 1.50. The summed E-state index contributed by atoms with van der Waals surface area (Å²) in [6.45, 7) is 3.32. The number of benzene rings is 1. The summed E-state index contributed by atoms with van der Waals surface area (Å²) in [6, 6.07) is 7.32. The van der Waals surface area contributed by atoms with E-state index in [-0.39, 0.29) is 6.03 Å². The molecule has 2 N–H and O–H groups in total. The van der Waals surface area contributed by atoms with Gasteiger partial charge in [0.1, 0.15) is 5.75 Å². The van der Waals surface area contributed by atoms with Crippen molar-refractivity contribution in [3.05, 3.63) is 29.8 Å². The molecule has 0 unspecified atom stereocenters. The number of hydrogen-bond donors (Lipinski definition) is 2. The average molecular weight is 282 g/mol. The largest absolute Gasteiger partial charge is 0.494 e. The monoisotopic (exact) mass is 282 g/mol. The van der Waals surface area contributed by atoms with Crippen molar-refractivity contribution in [1.29, 1.82) is 0 Å². The van der Waals surface area contributed by atoms with Crippen molar-refractivity contribution < 1.29 is 19.0 Å². The average Bonchev–Trinajstić information content (AvgIpc) is 2.48. The quantitative estimate of drug-likeness (QED) is 0.709. The molecule has 0 aliphatic rings. The summed E-state index contributed by atoms with van der Waals surface area (Å²) in [4.78, 5) is 11.6. The molecule has 0 heterocycles. The number of nitrogens with one attached hydrogen (secondary N) is 2. The fourth-order valence-electron chi connectivity index (χ4n) is 1.55. The van der Waals surface area contributed by atoms with Gasteiger partial charge in [-0.05, 0) is 24.6 Å². The van der Waals surface area contributed by atoms with Crippen molar-refractivity contribution in [3.8, 4) is 5.75 Å². The molecular formula is C14H22N2O4. The van der Waals surface area contributed by atoms with Crippen molar-refractivity contribution >= 4 is 6.03 Å². The lowest BCUT2D eigenvalue weighted by Crippen LogP contribution is -2.40. The zero-order chi connectivity index (χ0) is 14.8. The standard InChI is InChI=1S/C14H22N2O4/c1-4-20-12-7-5-11(6-8-12)9-15-14(17)16-10-13(18-2)19-3/h5-8,13H,4,9-10H2,1-3H3,(H2,15,16,17). The fraction of sp³-hybridized carbons (Fsp3) is 0.500. The molecule has 0 atom stereocenters. The number of rotatable bonds is 8. The molecular weight excluding hydrogens is 260 g/mol. The van der Waals surface area contributed by atoms with E-state index in [1.807, 2.05) is 31.2 Å². The Bertz CT molecular complexity index is 391. The highest BCUT2D eigenvalue weighted by Gasteiger charge is 2.07. The van der Waals surface area contributed by atoms with Crippen LogP contribution in [0.15, 0.2) is 24.3 Å². The molecule has 0 saturated heterocycles. The van der Waals surface area contributed by atoms with Gasteiger partial charge in [0.2, 0.25) is 0 Å². The first-order valence-corrected chi connectivity index (χ1v) is 6.48. The van der Waals surface area contributed by atoms with Gasteiger partial charge < -0.3 is 24.8 Å². The van der Waals surface area contributed by atoms with Gasteiger partial charge in [0, 0.05) is 20.8 Å². The van der Waals surface area contributed by atoms with Crippen molar-refractivity contribution in [1.82, 2.24) is 10.6 Å². The SMILES string of the molecule is CCOc1ccc(CNC(=O)NCC(OC)OC)cc1. The van der Waals surface area contributed by atoms with E-state index in [0.717, 1.165) is 11.3 Å². The maximum atomic E-state index is 11.6. The second-order valence-electron chi connectivity index (χ2n) is 4.04. The highest BCUT2D eigenvalue weighted by molar-refractivity contribution is 5.73. The molecule has 1 aromatic rings. The van der Waals surface area contributed by atoms with E-state index in [1.54, 1.807) is 0 Å². The number of urea groups is 1. The topological polar surface area (TPSA) is 68.8 Å². The zero-order valence-electron chi connectivity index (χ0n) is 12.1. The third kappa shape index (κ3) is 5.90. The molecule has 2 amide bonds. The Morgan fingerprint density at radius 1 is 1.15 bits per heavy atom. The van der Waals surface area contributed by atoms with Crippen LogP contribution in [0.4, 0.5) is 4.79 Å². The van der Waals surface area contributed by atoms with E-state index in [0.29, 0.717) is 19.7 Å². The lowest BCUT2D eigenvalue weighted by Gasteiger charge is -2.14. The van der Waals surface area contributed by atoms with Crippen LogP contribution in [0.25, 0.3) is 0 Å². The smallest absolute Gasteiger partial charge is 0.315 e. The van der Waals surface area contributed by atoms with E-state index in [2.05, 4.69) is 10.6 Å². The van der Waals surface area contributed by atoms with Gasteiger partial charge in [-0.3, -0.25) is 0 Å². The van der Waals surface area contributed by atoms with Crippen LogP contribution >= 0.6 is 0 Å². The minimum Gasteiger partial charge on any atom is -0.494 e. The first kappa shape index (κ1) is 16.3. The highest BCUT2D eigenvalue weighted by atomic mass is 16.7. The van der Waals surface area contributed by atoms with Crippen LogP contribution in [-0.2, 0) is 16.0 Å². The maximum Gasteiger partial charge on any atom is 0.315 e. The fourth-order valence-corrected chi connectivity index (χ4v) is 1.55. The summed E-state index contributed by atoms with van der Waals surface area (Å²) in [6.07, 6.45) is -0.439. The minimum atomic E-state index is -0.439. The first-order chi connectivity index (χ1) is 9.69. The summed E-state index contributed by atoms with van der Waals surface area (Å²) >= 11 is 0. The molecule has 1 aromatic carbocycles. The van der Waals surface area contributed by atoms with Gasteiger partial charge in [-0.1, -0.05) is 12.1 Å². The third-order valence-corrected chi connectivity index (χ3v) is 2.64. The van der Waals surface area contributed by atoms with Crippen molar-refractivity contribution in [2.45, 2.75) is 19.8 Å². The number of carbonyl (C=O) groups excluding carboxylic acids is 1. The van der Waals surface area contributed by atoms with E-state index >= 15 is 0 Å². The molecule has 6 heteroatoms. The predicted molar refractivity (Wildman–Crippen MR) is 75.7 cm³/mol. The first-order valence-electron chi connectivity index (χ1n) is 6.48. The number of methoxy groups -OCH3 is 2. The van der Waals surface area contributed by atoms with Crippen molar-refractivity contribution in [2.75, 3.05) is 27.4 Å². The number of hydrogen-bond acceptors (Lipinski definition) is 4.